The molecule has 0 fully saturated rings. The third kappa shape index (κ3) is 10.0. The fourth-order valence-corrected chi connectivity index (χ4v) is 2.23. The molecular formula is C18H31NO7. The molecule has 0 aliphatic rings. The average Bonchev–Trinajstić information content (AvgIpc) is 2.52. The van der Waals surface area contributed by atoms with Crippen LogP contribution in [0.1, 0.15) is 60.3 Å². The highest BCUT2D eigenvalue weighted by Crippen LogP contribution is 2.16. The van der Waals surface area contributed by atoms with Crippen molar-refractivity contribution in [3.8, 4) is 0 Å². The minimum atomic E-state index is -1.01. The number of amides is 1. The molecule has 1 amide bonds. The Morgan fingerprint density at radius 2 is 1.69 bits per heavy atom. The predicted octanol–water partition coefficient (Wildman–Crippen LogP) is 2.38. The van der Waals surface area contributed by atoms with E-state index in [9.17, 15) is 19.2 Å². The summed E-state index contributed by atoms with van der Waals surface area (Å²) >= 11 is 0. The lowest BCUT2D eigenvalue weighted by atomic mass is 9.93. The third-order valence-electron chi connectivity index (χ3n) is 3.42. The summed E-state index contributed by atoms with van der Waals surface area (Å²) in [6, 6.07) is -0.904. The van der Waals surface area contributed by atoms with Crippen LogP contribution in [-0.2, 0) is 28.6 Å². The second-order valence-corrected chi connectivity index (χ2v) is 6.90. The Morgan fingerprint density at radius 3 is 2.19 bits per heavy atom. The molecule has 2 atom stereocenters. The highest BCUT2D eigenvalue weighted by atomic mass is 16.6. The van der Waals surface area contributed by atoms with Gasteiger partial charge in [0.05, 0.1) is 19.8 Å². The number of carbonyl (C=O) groups excluding carboxylic acids is 4. The summed E-state index contributed by atoms with van der Waals surface area (Å²) in [6.07, 6.45) is 0.688. The number of unbranched alkanes of at least 4 members (excludes halogenated alkanes) is 1. The molecule has 0 radical (unpaired) electrons. The maximum atomic E-state index is 12.5. The molecule has 0 aliphatic carbocycles. The Morgan fingerprint density at radius 1 is 1.08 bits per heavy atom. The average molecular weight is 373 g/mol. The van der Waals surface area contributed by atoms with Crippen LogP contribution in [0.4, 0.5) is 4.79 Å². The Labute approximate surface area is 154 Å². The maximum absolute atomic E-state index is 12.5. The minimum absolute atomic E-state index is 0.224. The number of nitrogens with one attached hydrogen (secondary N) is 1. The Bertz CT molecular complexity index is 496. The van der Waals surface area contributed by atoms with Crippen LogP contribution in [0.3, 0.4) is 0 Å². The van der Waals surface area contributed by atoms with Crippen molar-refractivity contribution in [3.05, 3.63) is 0 Å². The van der Waals surface area contributed by atoms with Crippen LogP contribution in [0.2, 0.25) is 0 Å². The number of ketones is 1. The molecule has 150 valence electrons. The van der Waals surface area contributed by atoms with Crippen LogP contribution in [-0.4, -0.2) is 49.2 Å². The van der Waals surface area contributed by atoms with E-state index in [1.165, 1.54) is 14.0 Å². The van der Waals surface area contributed by atoms with Crippen molar-refractivity contribution in [2.75, 3.05) is 13.7 Å². The zero-order valence-corrected chi connectivity index (χ0v) is 16.5. The van der Waals surface area contributed by atoms with Crippen LogP contribution < -0.4 is 5.32 Å². The summed E-state index contributed by atoms with van der Waals surface area (Å²) in [5.41, 5.74) is -0.693. The van der Waals surface area contributed by atoms with Crippen molar-refractivity contribution in [1.29, 1.82) is 0 Å². The van der Waals surface area contributed by atoms with Gasteiger partial charge in [0.25, 0.3) is 0 Å². The smallest absolute Gasteiger partial charge is 0.408 e. The van der Waals surface area contributed by atoms with E-state index < -0.39 is 35.4 Å². The normalized spacial score (nSPS) is 13.3. The van der Waals surface area contributed by atoms with Gasteiger partial charge in [-0.1, -0.05) is 6.42 Å². The molecule has 0 bridgehead atoms. The molecule has 0 aromatic heterocycles. The van der Waals surface area contributed by atoms with E-state index in [2.05, 4.69) is 5.32 Å². The first-order valence-electron chi connectivity index (χ1n) is 8.78. The molecule has 0 aromatic carbocycles. The Kier molecular flexibility index (Phi) is 10.6. The van der Waals surface area contributed by atoms with Gasteiger partial charge in [0.2, 0.25) is 0 Å². The predicted molar refractivity (Wildman–Crippen MR) is 94.4 cm³/mol. The highest BCUT2D eigenvalue weighted by Gasteiger charge is 2.32. The van der Waals surface area contributed by atoms with E-state index in [1.54, 1.807) is 27.7 Å². The topological polar surface area (TPSA) is 108 Å². The van der Waals surface area contributed by atoms with Gasteiger partial charge in [-0.3, -0.25) is 14.4 Å². The van der Waals surface area contributed by atoms with E-state index >= 15 is 0 Å². The number of hydrogen-bond acceptors (Lipinski definition) is 7. The van der Waals surface area contributed by atoms with Gasteiger partial charge < -0.3 is 19.5 Å². The summed E-state index contributed by atoms with van der Waals surface area (Å²) in [6.45, 7) is 8.65. The fraction of sp³-hybridized carbons (Fsp3) is 0.778. The number of esters is 2. The molecule has 0 saturated heterocycles. The summed E-state index contributed by atoms with van der Waals surface area (Å²) in [4.78, 5) is 47.5. The molecular weight excluding hydrogens is 342 g/mol. The molecule has 0 aliphatic heterocycles. The molecule has 26 heavy (non-hydrogen) atoms. The molecule has 0 aromatic rings. The van der Waals surface area contributed by atoms with Crippen molar-refractivity contribution in [2.45, 2.75) is 71.9 Å². The fourth-order valence-electron chi connectivity index (χ4n) is 2.23. The first kappa shape index (κ1) is 23.9. The van der Waals surface area contributed by atoms with Crippen LogP contribution in [0.15, 0.2) is 0 Å². The van der Waals surface area contributed by atoms with Crippen molar-refractivity contribution in [1.82, 2.24) is 5.32 Å². The number of ether oxygens (including phenoxy) is 3. The SMILES string of the molecule is CCOC(=O)CCCC[C@@H](C(=O)OC)C(=O)[C@@H](C)NC(=O)OC(C)(C)C. The van der Waals surface area contributed by atoms with E-state index in [1.807, 2.05) is 0 Å². The lowest BCUT2D eigenvalue weighted by Crippen LogP contribution is -2.45. The highest BCUT2D eigenvalue weighted by molar-refractivity contribution is 6.02. The van der Waals surface area contributed by atoms with E-state index in [4.69, 9.17) is 14.2 Å². The van der Waals surface area contributed by atoms with Gasteiger partial charge in [-0.25, -0.2) is 4.79 Å². The van der Waals surface area contributed by atoms with Crippen LogP contribution >= 0.6 is 0 Å². The van der Waals surface area contributed by atoms with Gasteiger partial charge in [-0.2, -0.15) is 0 Å². The molecule has 0 heterocycles. The largest absolute Gasteiger partial charge is 0.468 e. The number of hydrogen-bond donors (Lipinski definition) is 1. The monoisotopic (exact) mass is 373 g/mol. The van der Waals surface area contributed by atoms with Gasteiger partial charge in [-0.05, 0) is 47.5 Å². The van der Waals surface area contributed by atoms with Crippen molar-refractivity contribution in [2.24, 2.45) is 5.92 Å². The number of alkyl carbamates (subject to hydrolysis) is 1. The van der Waals surface area contributed by atoms with Gasteiger partial charge >= 0.3 is 18.0 Å². The van der Waals surface area contributed by atoms with E-state index in [-0.39, 0.29) is 18.8 Å². The Hall–Kier alpha value is -2.12. The molecule has 0 spiro atoms. The first-order valence-corrected chi connectivity index (χ1v) is 8.78. The lowest BCUT2D eigenvalue weighted by Gasteiger charge is -2.23. The molecule has 1 N–H and O–H groups in total. The number of Topliss-reactive ketones (excluding diaryl/α,β-unsaturated/α-hetero) is 1. The minimum Gasteiger partial charge on any atom is -0.468 e. The van der Waals surface area contributed by atoms with Crippen LogP contribution in [0.25, 0.3) is 0 Å². The first-order chi connectivity index (χ1) is 12.0. The molecule has 0 unspecified atom stereocenters. The second kappa shape index (κ2) is 11.5. The number of rotatable bonds is 10. The van der Waals surface area contributed by atoms with E-state index in [0.717, 1.165) is 0 Å². The molecule has 0 rings (SSSR count). The second-order valence-electron chi connectivity index (χ2n) is 6.90. The van der Waals surface area contributed by atoms with Gasteiger partial charge in [0, 0.05) is 6.42 Å². The van der Waals surface area contributed by atoms with Crippen LogP contribution in [0.5, 0.6) is 0 Å². The molecule has 8 heteroatoms. The molecule has 0 saturated carbocycles. The van der Waals surface area contributed by atoms with Crippen molar-refractivity contribution in [3.63, 3.8) is 0 Å². The lowest BCUT2D eigenvalue weighted by molar-refractivity contribution is -0.150. The quantitative estimate of drug-likeness (QED) is 0.271. The zero-order chi connectivity index (χ0) is 20.3. The van der Waals surface area contributed by atoms with Crippen molar-refractivity contribution < 1.29 is 33.4 Å². The zero-order valence-electron chi connectivity index (χ0n) is 16.5. The molecule has 8 nitrogen and oxygen atoms in total. The van der Waals surface area contributed by atoms with Gasteiger partial charge in [0.1, 0.15) is 11.5 Å². The maximum Gasteiger partial charge on any atom is 0.408 e. The summed E-state index contributed by atoms with van der Waals surface area (Å²) in [7, 11) is 1.20. The summed E-state index contributed by atoms with van der Waals surface area (Å²) in [5.74, 6) is -2.44. The van der Waals surface area contributed by atoms with Gasteiger partial charge in [-0.15, -0.1) is 0 Å². The Balaban J connectivity index is 4.65. The standard InChI is InChI=1S/C18H31NO7/c1-7-25-14(20)11-9-8-10-13(16(22)24-6)15(21)12(2)19-17(23)26-18(3,4)5/h12-13H,7-11H2,1-6H3,(H,19,23)/t12-,13-/m1/s1. The van der Waals surface area contributed by atoms with E-state index in [0.29, 0.717) is 19.4 Å². The third-order valence-corrected chi connectivity index (χ3v) is 3.42. The number of methoxy groups -OCH3 is 1. The van der Waals surface area contributed by atoms with Gasteiger partial charge in [0.15, 0.2) is 5.78 Å². The number of carbonyl (C=O) groups is 4. The summed E-state index contributed by atoms with van der Waals surface area (Å²) < 4.78 is 14.6. The van der Waals surface area contributed by atoms with Crippen LogP contribution in [0, 0.1) is 5.92 Å². The summed E-state index contributed by atoms with van der Waals surface area (Å²) in [5, 5.41) is 2.43. The van der Waals surface area contributed by atoms with Crippen molar-refractivity contribution >= 4 is 23.8 Å².